The van der Waals surface area contributed by atoms with E-state index in [9.17, 15) is 14.7 Å². The Morgan fingerprint density at radius 3 is 2.86 bits per heavy atom. The molecule has 114 valence electrons. The summed E-state index contributed by atoms with van der Waals surface area (Å²) < 4.78 is 5.38. The van der Waals surface area contributed by atoms with Crippen LogP contribution in [-0.2, 0) is 14.3 Å². The molecule has 0 aliphatic carbocycles. The topological polar surface area (TPSA) is 79.2 Å². The molecule has 0 radical (unpaired) electrons. The zero-order valence-corrected chi connectivity index (χ0v) is 12.6. The third kappa shape index (κ3) is 2.13. The minimum absolute atomic E-state index is 0.00339. The van der Waals surface area contributed by atoms with Gasteiger partial charge in [0, 0.05) is 19.1 Å². The second kappa shape index (κ2) is 5.58. The first kappa shape index (κ1) is 14.8. The summed E-state index contributed by atoms with van der Waals surface area (Å²) in [5.74, 6) is -1.06. The molecule has 0 aromatic heterocycles. The number of aliphatic carboxylic acids is 1. The van der Waals surface area contributed by atoms with Gasteiger partial charge < -0.3 is 9.84 Å². The third-order valence-electron chi connectivity index (χ3n) is 3.62. The fraction of sp³-hybridized carbons (Fsp3) is 0.267. The number of aliphatic imine (C=N–C) groups is 1. The van der Waals surface area contributed by atoms with E-state index < -0.39 is 23.0 Å². The lowest BCUT2D eigenvalue weighted by Gasteiger charge is -2.52. The molecule has 1 fully saturated rings. The maximum atomic E-state index is 12.5. The number of benzene rings is 1. The van der Waals surface area contributed by atoms with Crippen molar-refractivity contribution in [3.05, 3.63) is 47.7 Å². The predicted molar refractivity (Wildman–Crippen MR) is 82.6 cm³/mol. The number of rotatable bonds is 4. The SMILES string of the molecule is CO[C@@]1(N=Cc2ccccc2)C(=O)N2C(C(=O)O)=CCS[C@@H]21. The van der Waals surface area contributed by atoms with Crippen molar-refractivity contribution in [1.29, 1.82) is 0 Å². The van der Waals surface area contributed by atoms with E-state index >= 15 is 0 Å². The van der Waals surface area contributed by atoms with Crippen molar-refractivity contribution in [2.75, 3.05) is 12.9 Å². The fourth-order valence-corrected chi connectivity index (χ4v) is 3.77. The highest BCUT2D eigenvalue weighted by atomic mass is 32.2. The van der Waals surface area contributed by atoms with Crippen LogP contribution >= 0.6 is 11.8 Å². The molecular formula is C15H14N2O4S. The Morgan fingerprint density at radius 2 is 2.23 bits per heavy atom. The molecule has 2 heterocycles. The van der Waals surface area contributed by atoms with E-state index in [0.717, 1.165) is 5.56 Å². The Balaban J connectivity index is 1.90. The summed E-state index contributed by atoms with van der Waals surface area (Å²) in [5.41, 5.74) is -0.508. The Labute approximate surface area is 131 Å². The second-order valence-corrected chi connectivity index (χ2v) is 5.94. The highest BCUT2D eigenvalue weighted by Gasteiger charge is 2.65. The lowest BCUT2D eigenvalue weighted by Crippen LogP contribution is -2.73. The Hall–Kier alpha value is -2.12. The van der Waals surface area contributed by atoms with E-state index in [4.69, 9.17) is 4.74 Å². The van der Waals surface area contributed by atoms with Crippen LogP contribution in [0.4, 0.5) is 0 Å². The van der Waals surface area contributed by atoms with Gasteiger partial charge in [0.25, 0.3) is 11.6 Å². The number of thioether (sulfide) groups is 1. The molecule has 7 heteroatoms. The zero-order valence-electron chi connectivity index (χ0n) is 11.8. The molecule has 1 aromatic rings. The van der Waals surface area contributed by atoms with Gasteiger partial charge in [0.1, 0.15) is 11.1 Å². The molecule has 0 unspecified atom stereocenters. The van der Waals surface area contributed by atoms with Crippen LogP contribution in [0.5, 0.6) is 0 Å². The molecule has 0 saturated carbocycles. The number of fused-ring (bicyclic) bond motifs is 1. The predicted octanol–water partition coefficient (Wildman–Crippen LogP) is 1.33. The molecular weight excluding hydrogens is 304 g/mol. The molecule has 0 spiro atoms. The minimum Gasteiger partial charge on any atom is -0.477 e. The number of carbonyl (C=O) groups is 2. The second-order valence-electron chi connectivity index (χ2n) is 4.82. The van der Waals surface area contributed by atoms with Crippen LogP contribution in [0.15, 0.2) is 47.1 Å². The molecule has 1 saturated heterocycles. The highest BCUT2D eigenvalue weighted by Crippen LogP contribution is 2.46. The van der Waals surface area contributed by atoms with Crippen LogP contribution in [0.2, 0.25) is 0 Å². The third-order valence-corrected chi connectivity index (χ3v) is 4.83. The summed E-state index contributed by atoms with van der Waals surface area (Å²) in [6.07, 6.45) is 3.11. The lowest BCUT2D eigenvalue weighted by atomic mass is 10.0. The standard InChI is InChI=1S/C15H14N2O4S/c1-21-15(16-9-10-5-3-2-4-6-10)13(20)17-11(12(18)19)7-8-22-14(15)17/h2-7,9,14H,8H2,1H3,(H,18,19)/t14-,15+/m1/s1. The van der Waals surface area contributed by atoms with Crippen LogP contribution in [0.3, 0.4) is 0 Å². The van der Waals surface area contributed by atoms with Gasteiger partial charge in [-0.05, 0) is 11.6 Å². The van der Waals surface area contributed by atoms with Gasteiger partial charge in [0.15, 0.2) is 0 Å². The van der Waals surface area contributed by atoms with Gasteiger partial charge >= 0.3 is 5.97 Å². The number of carbonyl (C=O) groups excluding carboxylic acids is 1. The van der Waals surface area contributed by atoms with E-state index in [1.807, 2.05) is 30.3 Å². The fourth-order valence-electron chi connectivity index (χ4n) is 2.49. The summed E-state index contributed by atoms with van der Waals surface area (Å²) in [6.45, 7) is 0. The van der Waals surface area contributed by atoms with E-state index in [0.29, 0.717) is 5.75 Å². The van der Waals surface area contributed by atoms with E-state index in [-0.39, 0.29) is 5.70 Å². The van der Waals surface area contributed by atoms with Gasteiger partial charge in [0.05, 0.1) is 0 Å². The van der Waals surface area contributed by atoms with Crippen LogP contribution in [0.25, 0.3) is 0 Å². The molecule has 0 bridgehead atoms. The van der Waals surface area contributed by atoms with Gasteiger partial charge in [-0.1, -0.05) is 30.3 Å². The van der Waals surface area contributed by atoms with E-state index in [2.05, 4.69) is 4.99 Å². The zero-order chi connectivity index (χ0) is 15.7. The van der Waals surface area contributed by atoms with Crippen LogP contribution in [0.1, 0.15) is 5.56 Å². The lowest BCUT2D eigenvalue weighted by molar-refractivity contribution is -0.182. The van der Waals surface area contributed by atoms with Crippen LogP contribution in [-0.4, -0.2) is 52.1 Å². The average Bonchev–Trinajstić information content (AvgIpc) is 2.55. The van der Waals surface area contributed by atoms with Crippen molar-refractivity contribution in [2.24, 2.45) is 4.99 Å². The van der Waals surface area contributed by atoms with E-state index in [1.54, 1.807) is 6.21 Å². The maximum Gasteiger partial charge on any atom is 0.352 e. The summed E-state index contributed by atoms with van der Waals surface area (Å²) in [4.78, 5) is 29.2. The molecule has 2 aliphatic heterocycles. The van der Waals surface area contributed by atoms with Gasteiger partial charge in [-0.2, -0.15) is 0 Å². The van der Waals surface area contributed by atoms with Crippen molar-refractivity contribution in [1.82, 2.24) is 4.90 Å². The average molecular weight is 318 g/mol. The number of β-lactam (4-membered cyclic amide) rings is 1. The van der Waals surface area contributed by atoms with E-state index in [1.165, 1.54) is 29.8 Å². The smallest absolute Gasteiger partial charge is 0.352 e. The molecule has 3 rings (SSSR count). The highest BCUT2D eigenvalue weighted by molar-refractivity contribution is 8.00. The Kier molecular flexibility index (Phi) is 3.76. The normalized spacial score (nSPS) is 27.3. The minimum atomic E-state index is -1.35. The number of nitrogens with zero attached hydrogens (tertiary/aromatic N) is 2. The number of amides is 1. The number of hydrogen-bond acceptors (Lipinski definition) is 5. The van der Waals surface area contributed by atoms with Gasteiger partial charge in [-0.25, -0.2) is 9.79 Å². The van der Waals surface area contributed by atoms with Crippen molar-refractivity contribution in [2.45, 2.75) is 11.1 Å². The number of methoxy groups -OCH3 is 1. The van der Waals surface area contributed by atoms with Crippen LogP contribution in [0, 0.1) is 0 Å². The molecule has 22 heavy (non-hydrogen) atoms. The first-order valence-electron chi connectivity index (χ1n) is 6.64. The molecule has 1 aromatic carbocycles. The van der Waals surface area contributed by atoms with Crippen molar-refractivity contribution in [3.63, 3.8) is 0 Å². The first-order valence-corrected chi connectivity index (χ1v) is 7.69. The van der Waals surface area contributed by atoms with Gasteiger partial charge in [0.2, 0.25) is 0 Å². The first-order chi connectivity index (χ1) is 10.6. The summed E-state index contributed by atoms with van der Waals surface area (Å²) in [7, 11) is 1.41. The molecule has 2 atom stereocenters. The Bertz CT molecular complexity index is 673. The number of carboxylic acids is 1. The van der Waals surface area contributed by atoms with Crippen molar-refractivity contribution in [3.8, 4) is 0 Å². The summed E-state index contributed by atoms with van der Waals surface area (Å²) >= 11 is 1.43. The molecule has 2 aliphatic rings. The quantitative estimate of drug-likeness (QED) is 0.669. The monoisotopic (exact) mass is 318 g/mol. The van der Waals surface area contributed by atoms with Gasteiger partial charge in [-0.3, -0.25) is 9.69 Å². The maximum absolute atomic E-state index is 12.5. The van der Waals surface area contributed by atoms with Crippen LogP contribution < -0.4 is 0 Å². The van der Waals surface area contributed by atoms with Gasteiger partial charge in [-0.15, -0.1) is 11.8 Å². The molecule has 1 N–H and O–H groups in total. The number of hydrogen-bond donors (Lipinski definition) is 1. The summed E-state index contributed by atoms with van der Waals surface area (Å²) in [5, 5.41) is 8.72. The van der Waals surface area contributed by atoms with Crippen molar-refractivity contribution >= 4 is 29.9 Å². The Morgan fingerprint density at radius 1 is 1.50 bits per heavy atom. The number of ether oxygens (including phenoxy) is 1. The number of carboxylic acid groups (broad SMARTS) is 1. The summed E-state index contributed by atoms with van der Waals surface area (Å²) in [6, 6.07) is 9.36. The largest absolute Gasteiger partial charge is 0.477 e. The van der Waals surface area contributed by atoms with Crippen molar-refractivity contribution < 1.29 is 19.4 Å². The molecule has 1 amide bonds. The molecule has 6 nitrogen and oxygen atoms in total.